The van der Waals surface area contributed by atoms with Crippen molar-refractivity contribution < 1.29 is 4.79 Å². The second-order valence-corrected chi connectivity index (χ2v) is 6.31. The van der Waals surface area contributed by atoms with Gasteiger partial charge in [0.25, 0.3) is 5.56 Å². The normalized spacial score (nSPS) is 11.0. The Bertz CT molecular complexity index is 1180. The summed E-state index contributed by atoms with van der Waals surface area (Å²) in [7, 11) is 0. The van der Waals surface area contributed by atoms with Gasteiger partial charge in [-0.2, -0.15) is 0 Å². The Morgan fingerprint density at radius 3 is 2.81 bits per heavy atom. The largest absolute Gasteiger partial charge is 0.324 e. The van der Waals surface area contributed by atoms with E-state index >= 15 is 0 Å². The number of anilines is 1. The number of pyridine rings is 1. The van der Waals surface area contributed by atoms with Gasteiger partial charge in [0.2, 0.25) is 5.91 Å². The number of fused-ring (bicyclic) bond motifs is 2. The molecule has 0 radical (unpaired) electrons. The number of aromatic amines is 1. The zero-order chi connectivity index (χ0) is 18.6. The van der Waals surface area contributed by atoms with Crippen molar-refractivity contribution in [2.24, 2.45) is 0 Å². The van der Waals surface area contributed by atoms with Gasteiger partial charge in [0.05, 0.1) is 22.1 Å². The van der Waals surface area contributed by atoms with Crippen LogP contribution in [0.25, 0.3) is 21.8 Å². The lowest BCUT2D eigenvalue weighted by Crippen LogP contribution is -2.14. The van der Waals surface area contributed by atoms with Crippen LogP contribution in [-0.2, 0) is 11.2 Å². The molecule has 0 saturated carbocycles. The fourth-order valence-electron chi connectivity index (χ4n) is 3.09. The summed E-state index contributed by atoms with van der Waals surface area (Å²) in [6, 6.07) is 16.7. The number of nitrogens with zero attached hydrogens (tertiary/aromatic N) is 2. The Balaban J connectivity index is 1.40. The Morgan fingerprint density at radius 1 is 1.04 bits per heavy atom. The van der Waals surface area contributed by atoms with Gasteiger partial charge in [0, 0.05) is 24.4 Å². The van der Waals surface area contributed by atoms with E-state index < -0.39 is 0 Å². The number of aryl methyl sites for hydroxylation is 1. The molecule has 0 atom stereocenters. The molecule has 0 fully saturated rings. The molecule has 0 aliphatic heterocycles. The van der Waals surface area contributed by atoms with E-state index in [4.69, 9.17) is 0 Å². The lowest BCUT2D eigenvalue weighted by molar-refractivity contribution is -0.116. The van der Waals surface area contributed by atoms with E-state index in [1.54, 1.807) is 12.3 Å². The number of benzene rings is 2. The summed E-state index contributed by atoms with van der Waals surface area (Å²) in [5, 5.41) is 4.47. The predicted octanol–water partition coefficient (Wildman–Crippen LogP) is 3.43. The second kappa shape index (κ2) is 7.37. The highest BCUT2D eigenvalue weighted by molar-refractivity contribution is 6.00. The number of amides is 1. The van der Waals surface area contributed by atoms with Crippen LogP contribution in [0.15, 0.2) is 65.6 Å². The number of nitrogens with one attached hydrogen (secondary N) is 2. The molecule has 4 aromatic rings. The smallest absolute Gasteiger partial charge is 0.258 e. The summed E-state index contributed by atoms with van der Waals surface area (Å²) >= 11 is 0. The Morgan fingerprint density at radius 2 is 1.89 bits per heavy atom. The molecular formula is C21H18N4O2. The van der Waals surface area contributed by atoms with Crippen LogP contribution in [0, 0.1) is 0 Å². The van der Waals surface area contributed by atoms with Crippen molar-refractivity contribution in [3.63, 3.8) is 0 Å². The predicted molar refractivity (Wildman–Crippen MR) is 106 cm³/mol. The van der Waals surface area contributed by atoms with Gasteiger partial charge in [-0.05, 0) is 30.7 Å². The van der Waals surface area contributed by atoms with Crippen molar-refractivity contribution in [2.45, 2.75) is 19.3 Å². The van der Waals surface area contributed by atoms with Crippen molar-refractivity contribution in [1.29, 1.82) is 0 Å². The Labute approximate surface area is 155 Å². The van der Waals surface area contributed by atoms with Gasteiger partial charge in [-0.15, -0.1) is 0 Å². The molecule has 0 aliphatic carbocycles. The number of carbonyl (C=O) groups excluding carboxylic acids is 1. The summed E-state index contributed by atoms with van der Waals surface area (Å²) < 4.78 is 0. The molecule has 0 bridgehead atoms. The molecule has 134 valence electrons. The standard InChI is InChI=1S/C21H18N4O2/c26-19(24-17-10-3-6-14-7-5-13-22-20(14)17)12-4-11-18-23-16-9-2-1-8-15(16)21(27)25-18/h1-3,5-10,13H,4,11-12H2,(H,24,26)(H,23,25,27). The molecule has 2 heterocycles. The molecule has 2 N–H and O–H groups in total. The molecule has 0 saturated heterocycles. The quantitative estimate of drug-likeness (QED) is 0.572. The summed E-state index contributed by atoms with van der Waals surface area (Å²) in [4.78, 5) is 36.0. The minimum Gasteiger partial charge on any atom is -0.324 e. The average molecular weight is 358 g/mol. The van der Waals surface area contributed by atoms with E-state index in [-0.39, 0.29) is 11.5 Å². The third kappa shape index (κ3) is 3.69. The summed E-state index contributed by atoms with van der Waals surface area (Å²) in [5.41, 5.74) is 1.99. The molecule has 6 nitrogen and oxygen atoms in total. The highest BCUT2D eigenvalue weighted by Crippen LogP contribution is 2.20. The van der Waals surface area contributed by atoms with Crippen LogP contribution in [0.4, 0.5) is 5.69 Å². The summed E-state index contributed by atoms with van der Waals surface area (Å²) in [6.45, 7) is 0. The molecule has 27 heavy (non-hydrogen) atoms. The van der Waals surface area contributed by atoms with Crippen LogP contribution in [-0.4, -0.2) is 20.9 Å². The molecule has 6 heteroatoms. The molecule has 2 aromatic carbocycles. The summed E-state index contributed by atoms with van der Waals surface area (Å²) in [6.07, 6.45) is 3.16. The van der Waals surface area contributed by atoms with Gasteiger partial charge in [0.1, 0.15) is 5.82 Å². The average Bonchev–Trinajstić information content (AvgIpc) is 2.68. The van der Waals surface area contributed by atoms with E-state index in [1.165, 1.54) is 0 Å². The molecule has 0 aliphatic rings. The van der Waals surface area contributed by atoms with Crippen LogP contribution in [0.5, 0.6) is 0 Å². The van der Waals surface area contributed by atoms with Crippen LogP contribution < -0.4 is 10.9 Å². The van der Waals surface area contributed by atoms with Gasteiger partial charge >= 0.3 is 0 Å². The second-order valence-electron chi connectivity index (χ2n) is 6.31. The van der Waals surface area contributed by atoms with Gasteiger partial charge in [-0.25, -0.2) is 4.98 Å². The topological polar surface area (TPSA) is 87.7 Å². The fourth-order valence-corrected chi connectivity index (χ4v) is 3.09. The third-order valence-electron chi connectivity index (χ3n) is 4.39. The maximum Gasteiger partial charge on any atom is 0.258 e. The molecule has 0 spiro atoms. The van der Waals surface area contributed by atoms with Crippen molar-refractivity contribution in [2.75, 3.05) is 5.32 Å². The number of para-hydroxylation sites is 2. The molecule has 4 rings (SSSR count). The van der Waals surface area contributed by atoms with Gasteiger partial charge in [0.15, 0.2) is 0 Å². The first-order chi connectivity index (χ1) is 13.2. The first-order valence-corrected chi connectivity index (χ1v) is 8.82. The Kier molecular flexibility index (Phi) is 4.61. The lowest BCUT2D eigenvalue weighted by atomic mass is 10.1. The van der Waals surface area contributed by atoms with Crippen molar-refractivity contribution in [1.82, 2.24) is 15.0 Å². The SMILES string of the molecule is O=C(CCCc1nc2ccccc2c(=O)[nH]1)Nc1cccc2cccnc12. The molecule has 1 amide bonds. The van der Waals surface area contributed by atoms with Gasteiger partial charge < -0.3 is 10.3 Å². The summed E-state index contributed by atoms with van der Waals surface area (Å²) in [5.74, 6) is 0.509. The number of hydrogen-bond donors (Lipinski definition) is 2. The highest BCUT2D eigenvalue weighted by Gasteiger charge is 2.08. The first kappa shape index (κ1) is 16.9. The van der Waals surface area contributed by atoms with E-state index in [9.17, 15) is 9.59 Å². The van der Waals surface area contributed by atoms with Crippen molar-refractivity contribution in [3.8, 4) is 0 Å². The van der Waals surface area contributed by atoms with Gasteiger partial charge in [-0.1, -0.05) is 30.3 Å². The minimum atomic E-state index is -0.151. The zero-order valence-corrected chi connectivity index (χ0v) is 14.6. The molecular weight excluding hydrogens is 340 g/mol. The first-order valence-electron chi connectivity index (χ1n) is 8.82. The van der Waals surface area contributed by atoms with Gasteiger partial charge in [-0.3, -0.25) is 14.6 Å². The van der Waals surface area contributed by atoms with Crippen molar-refractivity contribution >= 4 is 33.4 Å². The Hall–Kier alpha value is -3.54. The van der Waals surface area contributed by atoms with Crippen LogP contribution in [0.1, 0.15) is 18.7 Å². The van der Waals surface area contributed by atoms with E-state index in [0.29, 0.717) is 41.7 Å². The highest BCUT2D eigenvalue weighted by atomic mass is 16.1. The number of H-pyrrole nitrogens is 1. The van der Waals surface area contributed by atoms with Crippen LogP contribution >= 0.6 is 0 Å². The van der Waals surface area contributed by atoms with E-state index in [0.717, 1.165) is 10.9 Å². The number of carbonyl (C=O) groups is 1. The third-order valence-corrected chi connectivity index (χ3v) is 4.39. The van der Waals surface area contributed by atoms with E-state index in [1.807, 2.05) is 48.5 Å². The zero-order valence-electron chi connectivity index (χ0n) is 14.6. The number of hydrogen-bond acceptors (Lipinski definition) is 4. The maximum atomic E-state index is 12.3. The fraction of sp³-hybridized carbons (Fsp3) is 0.143. The number of aromatic nitrogens is 3. The van der Waals surface area contributed by atoms with Crippen LogP contribution in [0.2, 0.25) is 0 Å². The van der Waals surface area contributed by atoms with E-state index in [2.05, 4.69) is 20.3 Å². The molecule has 2 aromatic heterocycles. The maximum absolute atomic E-state index is 12.3. The number of rotatable bonds is 5. The monoisotopic (exact) mass is 358 g/mol. The van der Waals surface area contributed by atoms with Crippen molar-refractivity contribution in [3.05, 3.63) is 77.0 Å². The lowest BCUT2D eigenvalue weighted by Gasteiger charge is -2.08. The molecule has 0 unspecified atom stereocenters. The minimum absolute atomic E-state index is 0.0868. The van der Waals surface area contributed by atoms with Crippen LogP contribution in [0.3, 0.4) is 0 Å².